The Morgan fingerprint density at radius 3 is 2.76 bits per heavy atom. The van der Waals surface area contributed by atoms with Crippen molar-refractivity contribution in [3.05, 3.63) is 17.7 Å². The Morgan fingerprint density at radius 1 is 1.43 bits per heavy atom. The number of hydrogen-bond donors (Lipinski definition) is 1. The van der Waals surface area contributed by atoms with Crippen molar-refractivity contribution in [2.24, 2.45) is 5.41 Å². The minimum absolute atomic E-state index is 0.00514. The van der Waals surface area contributed by atoms with Gasteiger partial charge in [0.2, 0.25) is 5.91 Å². The monoisotopic (exact) mass is 291 g/mol. The van der Waals surface area contributed by atoms with Crippen molar-refractivity contribution in [3.63, 3.8) is 0 Å². The van der Waals surface area contributed by atoms with E-state index >= 15 is 0 Å². The third-order valence-corrected chi connectivity index (χ3v) is 3.26. The summed E-state index contributed by atoms with van der Waals surface area (Å²) in [7, 11) is 0. The normalized spacial score (nSPS) is 17.1. The molecule has 116 valence electrons. The van der Waals surface area contributed by atoms with E-state index in [2.05, 4.69) is 5.32 Å². The van der Waals surface area contributed by atoms with Gasteiger partial charge in [0, 0.05) is 24.5 Å². The van der Waals surface area contributed by atoms with E-state index in [-0.39, 0.29) is 17.4 Å². The van der Waals surface area contributed by atoms with Crippen LogP contribution in [0.2, 0.25) is 0 Å². The molecule has 2 rings (SSSR count). The second-order valence-electron chi connectivity index (χ2n) is 6.81. The van der Waals surface area contributed by atoms with Gasteiger partial charge in [-0.25, -0.2) is 0 Å². The fourth-order valence-corrected chi connectivity index (χ4v) is 2.49. The summed E-state index contributed by atoms with van der Waals surface area (Å²) in [6, 6.07) is 3.86. The lowest BCUT2D eigenvalue weighted by Gasteiger charge is -2.19. The molecule has 1 heterocycles. The zero-order chi connectivity index (χ0) is 15.6. The van der Waals surface area contributed by atoms with Crippen LogP contribution in [0.25, 0.3) is 0 Å². The second kappa shape index (κ2) is 5.96. The van der Waals surface area contributed by atoms with E-state index in [0.29, 0.717) is 18.7 Å². The molecule has 1 unspecified atom stereocenters. The van der Waals surface area contributed by atoms with Crippen molar-refractivity contribution in [2.45, 2.75) is 53.6 Å². The summed E-state index contributed by atoms with van der Waals surface area (Å²) in [5.41, 5.74) is 1.79. The summed E-state index contributed by atoms with van der Waals surface area (Å²) in [6.45, 7) is 10.7. The Kier molecular flexibility index (Phi) is 4.45. The highest BCUT2D eigenvalue weighted by Crippen LogP contribution is 2.38. The molecule has 1 aliphatic heterocycles. The van der Waals surface area contributed by atoms with Crippen molar-refractivity contribution in [1.82, 2.24) is 0 Å². The average Bonchev–Trinajstić information content (AvgIpc) is 2.66. The maximum absolute atomic E-state index is 12.1. The number of carbonyl (C=O) groups is 1. The van der Waals surface area contributed by atoms with Gasteiger partial charge in [-0.3, -0.25) is 4.79 Å². The largest absolute Gasteiger partial charge is 0.492 e. The van der Waals surface area contributed by atoms with Crippen LogP contribution in [-0.4, -0.2) is 18.6 Å². The molecule has 1 amide bonds. The van der Waals surface area contributed by atoms with Gasteiger partial charge >= 0.3 is 0 Å². The molecule has 4 heteroatoms. The van der Waals surface area contributed by atoms with Gasteiger partial charge in [-0.2, -0.15) is 0 Å². The first-order valence-corrected chi connectivity index (χ1v) is 7.54. The molecule has 4 nitrogen and oxygen atoms in total. The predicted octanol–water partition coefficient (Wildman–Crippen LogP) is 3.78. The summed E-state index contributed by atoms with van der Waals surface area (Å²) in [6.07, 6.45) is 1.52. The minimum Gasteiger partial charge on any atom is -0.492 e. The minimum atomic E-state index is -0.0440. The molecule has 0 saturated heterocycles. The lowest BCUT2D eigenvalue weighted by Crippen LogP contribution is -2.20. The number of rotatable bonds is 4. The van der Waals surface area contributed by atoms with Gasteiger partial charge in [-0.15, -0.1) is 0 Å². The lowest BCUT2D eigenvalue weighted by molar-refractivity contribution is -0.117. The van der Waals surface area contributed by atoms with E-state index in [9.17, 15) is 4.79 Å². The van der Waals surface area contributed by atoms with Crippen LogP contribution in [0.4, 0.5) is 5.69 Å². The Labute approximate surface area is 126 Å². The van der Waals surface area contributed by atoms with Crippen LogP contribution in [0.3, 0.4) is 0 Å². The SMILES string of the molecule is CCOc1cc2c(cc1NC(=O)CC(C)(C)C)OC(C)C2. The number of anilines is 1. The van der Waals surface area contributed by atoms with Gasteiger partial charge in [0.05, 0.1) is 12.3 Å². The summed E-state index contributed by atoms with van der Waals surface area (Å²) >= 11 is 0. The van der Waals surface area contributed by atoms with Crippen LogP contribution >= 0.6 is 0 Å². The van der Waals surface area contributed by atoms with Gasteiger partial charge in [0.1, 0.15) is 17.6 Å². The number of fused-ring (bicyclic) bond motifs is 1. The first-order chi connectivity index (χ1) is 9.78. The molecule has 0 aromatic heterocycles. The number of nitrogens with one attached hydrogen (secondary N) is 1. The van der Waals surface area contributed by atoms with Crippen LogP contribution < -0.4 is 14.8 Å². The van der Waals surface area contributed by atoms with Crippen LogP contribution in [0.5, 0.6) is 11.5 Å². The Balaban J connectivity index is 2.21. The number of benzene rings is 1. The van der Waals surface area contributed by atoms with E-state index < -0.39 is 0 Å². The van der Waals surface area contributed by atoms with E-state index in [1.165, 1.54) is 0 Å². The number of amides is 1. The van der Waals surface area contributed by atoms with E-state index in [0.717, 1.165) is 23.5 Å². The van der Waals surface area contributed by atoms with Crippen molar-refractivity contribution in [3.8, 4) is 11.5 Å². The van der Waals surface area contributed by atoms with Crippen molar-refractivity contribution in [2.75, 3.05) is 11.9 Å². The molecule has 1 aromatic rings. The van der Waals surface area contributed by atoms with Gasteiger partial charge in [0.15, 0.2) is 0 Å². The molecule has 1 aromatic carbocycles. The first kappa shape index (κ1) is 15.7. The molecular formula is C17H25NO3. The lowest BCUT2D eigenvalue weighted by atomic mass is 9.92. The number of ether oxygens (including phenoxy) is 2. The van der Waals surface area contributed by atoms with Gasteiger partial charge in [0.25, 0.3) is 0 Å². The quantitative estimate of drug-likeness (QED) is 0.918. The predicted molar refractivity (Wildman–Crippen MR) is 84.1 cm³/mol. The fraction of sp³-hybridized carbons (Fsp3) is 0.588. The topological polar surface area (TPSA) is 47.6 Å². The van der Waals surface area contributed by atoms with Crippen LogP contribution in [0.15, 0.2) is 12.1 Å². The zero-order valence-electron chi connectivity index (χ0n) is 13.6. The van der Waals surface area contributed by atoms with Crippen molar-refractivity contribution < 1.29 is 14.3 Å². The average molecular weight is 291 g/mol. The summed E-state index contributed by atoms with van der Waals surface area (Å²) in [5.74, 6) is 1.56. The molecule has 1 atom stereocenters. The smallest absolute Gasteiger partial charge is 0.225 e. The molecule has 1 aliphatic rings. The second-order valence-corrected chi connectivity index (χ2v) is 6.81. The highest BCUT2D eigenvalue weighted by atomic mass is 16.5. The van der Waals surface area contributed by atoms with Crippen molar-refractivity contribution >= 4 is 11.6 Å². The highest BCUT2D eigenvalue weighted by molar-refractivity contribution is 5.93. The summed E-state index contributed by atoms with van der Waals surface area (Å²) in [4.78, 5) is 12.1. The number of hydrogen-bond acceptors (Lipinski definition) is 3. The Hall–Kier alpha value is -1.71. The molecule has 21 heavy (non-hydrogen) atoms. The van der Waals surface area contributed by atoms with Gasteiger partial charge < -0.3 is 14.8 Å². The van der Waals surface area contributed by atoms with Crippen LogP contribution in [-0.2, 0) is 11.2 Å². The molecular weight excluding hydrogens is 266 g/mol. The molecule has 0 radical (unpaired) electrons. The Morgan fingerprint density at radius 2 is 2.14 bits per heavy atom. The molecule has 0 bridgehead atoms. The first-order valence-electron chi connectivity index (χ1n) is 7.54. The molecule has 0 aliphatic carbocycles. The van der Waals surface area contributed by atoms with E-state index in [1.54, 1.807) is 0 Å². The highest BCUT2D eigenvalue weighted by Gasteiger charge is 2.23. The molecule has 0 spiro atoms. The van der Waals surface area contributed by atoms with Gasteiger partial charge in [-0.05, 0) is 25.3 Å². The maximum Gasteiger partial charge on any atom is 0.225 e. The van der Waals surface area contributed by atoms with Crippen LogP contribution in [0.1, 0.15) is 46.6 Å². The number of carbonyl (C=O) groups excluding carboxylic acids is 1. The third-order valence-electron chi connectivity index (χ3n) is 3.26. The Bertz CT molecular complexity index is 532. The molecule has 0 saturated carbocycles. The molecule has 1 N–H and O–H groups in total. The van der Waals surface area contributed by atoms with Gasteiger partial charge in [-0.1, -0.05) is 20.8 Å². The van der Waals surface area contributed by atoms with Crippen LogP contribution in [0, 0.1) is 5.41 Å². The maximum atomic E-state index is 12.1. The van der Waals surface area contributed by atoms with E-state index in [4.69, 9.17) is 9.47 Å². The zero-order valence-corrected chi connectivity index (χ0v) is 13.6. The third kappa shape index (κ3) is 4.13. The molecule has 0 fully saturated rings. The van der Waals surface area contributed by atoms with E-state index in [1.807, 2.05) is 46.8 Å². The standard InChI is InChI=1S/C17H25NO3/c1-6-20-15-8-12-7-11(2)21-14(12)9-13(15)18-16(19)10-17(3,4)5/h8-9,11H,6-7,10H2,1-5H3,(H,18,19). The summed E-state index contributed by atoms with van der Waals surface area (Å²) in [5, 5.41) is 2.95. The van der Waals surface area contributed by atoms with Crippen molar-refractivity contribution in [1.29, 1.82) is 0 Å². The summed E-state index contributed by atoms with van der Waals surface area (Å²) < 4.78 is 11.4. The fourth-order valence-electron chi connectivity index (χ4n) is 2.49.